The molecule has 1 aliphatic rings. The summed E-state index contributed by atoms with van der Waals surface area (Å²) in [6.07, 6.45) is 0.818. The Bertz CT molecular complexity index is 545. The van der Waals surface area contributed by atoms with E-state index >= 15 is 0 Å². The summed E-state index contributed by atoms with van der Waals surface area (Å²) in [5, 5.41) is 2.89. The normalized spacial score (nSPS) is 23.1. The highest BCUT2D eigenvalue weighted by Gasteiger charge is 2.37. The van der Waals surface area contributed by atoms with Crippen LogP contribution in [0.2, 0.25) is 0 Å². The molecule has 1 fully saturated rings. The average Bonchev–Trinajstić information content (AvgIpc) is 2.93. The zero-order chi connectivity index (χ0) is 13.3. The molecule has 0 aromatic heterocycles. The topological polar surface area (TPSA) is 58.2 Å². The van der Waals surface area contributed by atoms with E-state index in [1.165, 1.54) is 12.1 Å². The maximum atomic E-state index is 13.8. The number of sulfonamides is 1. The molecule has 1 aliphatic carbocycles. The third-order valence-corrected chi connectivity index (χ3v) is 4.61. The zero-order valence-electron chi connectivity index (χ0n) is 10.4. The van der Waals surface area contributed by atoms with Crippen molar-refractivity contribution in [2.75, 3.05) is 7.05 Å². The predicted octanol–water partition coefficient (Wildman–Crippen LogP) is 1.23. The van der Waals surface area contributed by atoms with Gasteiger partial charge in [0.25, 0.3) is 0 Å². The summed E-state index contributed by atoms with van der Waals surface area (Å²) in [4.78, 5) is -0.276. The summed E-state index contributed by atoms with van der Waals surface area (Å²) in [6.45, 7) is 2.46. The summed E-state index contributed by atoms with van der Waals surface area (Å²) in [7, 11) is -1.99. The van der Waals surface area contributed by atoms with E-state index in [1.54, 1.807) is 13.1 Å². The van der Waals surface area contributed by atoms with E-state index < -0.39 is 15.8 Å². The average molecular weight is 272 g/mol. The number of nitrogens with one attached hydrogen (secondary N) is 2. The van der Waals surface area contributed by atoms with Gasteiger partial charge < -0.3 is 5.32 Å². The molecule has 0 amide bonds. The van der Waals surface area contributed by atoms with E-state index in [4.69, 9.17) is 0 Å². The van der Waals surface area contributed by atoms with E-state index in [-0.39, 0.29) is 10.9 Å². The minimum Gasteiger partial charge on any atom is -0.316 e. The SMILES string of the molecule is CNCc1ccc(S(=O)(=O)NC2CC2C)c(F)c1. The molecule has 2 atom stereocenters. The lowest BCUT2D eigenvalue weighted by Crippen LogP contribution is -2.27. The van der Waals surface area contributed by atoms with Gasteiger partial charge in [-0.1, -0.05) is 13.0 Å². The molecule has 2 unspecified atom stereocenters. The van der Waals surface area contributed by atoms with Crippen LogP contribution < -0.4 is 10.0 Å². The third-order valence-electron chi connectivity index (χ3n) is 3.08. The first-order valence-electron chi connectivity index (χ1n) is 5.89. The van der Waals surface area contributed by atoms with Crippen LogP contribution in [0.25, 0.3) is 0 Å². The van der Waals surface area contributed by atoms with Crippen molar-refractivity contribution in [1.82, 2.24) is 10.0 Å². The summed E-state index contributed by atoms with van der Waals surface area (Å²) in [5.74, 6) is -0.366. The molecule has 0 heterocycles. The largest absolute Gasteiger partial charge is 0.316 e. The molecular formula is C12H17FN2O2S. The summed E-state index contributed by atoms with van der Waals surface area (Å²) in [6, 6.07) is 4.13. The lowest BCUT2D eigenvalue weighted by molar-refractivity contribution is 0.553. The smallest absolute Gasteiger partial charge is 0.243 e. The number of hydrogen-bond donors (Lipinski definition) is 2. The van der Waals surface area contributed by atoms with Gasteiger partial charge in [0.05, 0.1) is 0 Å². The Hall–Kier alpha value is -0.980. The number of halogens is 1. The van der Waals surface area contributed by atoms with E-state index in [9.17, 15) is 12.8 Å². The van der Waals surface area contributed by atoms with Gasteiger partial charge in [-0.2, -0.15) is 0 Å². The fourth-order valence-electron chi connectivity index (χ4n) is 1.83. The zero-order valence-corrected chi connectivity index (χ0v) is 11.2. The number of benzene rings is 1. The number of hydrogen-bond acceptors (Lipinski definition) is 3. The highest BCUT2D eigenvalue weighted by atomic mass is 32.2. The van der Waals surface area contributed by atoms with Gasteiger partial charge in [-0.15, -0.1) is 0 Å². The van der Waals surface area contributed by atoms with Gasteiger partial charge in [0.1, 0.15) is 10.7 Å². The van der Waals surface area contributed by atoms with Crippen LogP contribution in [-0.2, 0) is 16.6 Å². The maximum Gasteiger partial charge on any atom is 0.243 e. The first-order valence-corrected chi connectivity index (χ1v) is 7.37. The lowest BCUT2D eigenvalue weighted by atomic mass is 10.2. The first kappa shape index (κ1) is 13.5. The minimum atomic E-state index is -3.74. The van der Waals surface area contributed by atoms with Gasteiger partial charge in [0, 0.05) is 12.6 Å². The van der Waals surface area contributed by atoms with E-state index in [1.807, 2.05) is 6.92 Å². The van der Waals surface area contributed by atoms with Gasteiger partial charge in [-0.3, -0.25) is 0 Å². The molecule has 100 valence electrons. The summed E-state index contributed by atoms with van der Waals surface area (Å²) in [5.41, 5.74) is 0.716. The van der Waals surface area contributed by atoms with Crippen molar-refractivity contribution in [2.24, 2.45) is 5.92 Å². The molecule has 4 nitrogen and oxygen atoms in total. The molecule has 0 aliphatic heterocycles. The Morgan fingerprint density at radius 1 is 1.44 bits per heavy atom. The molecule has 0 radical (unpaired) electrons. The molecule has 18 heavy (non-hydrogen) atoms. The molecule has 0 bridgehead atoms. The van der Waals surface area contributed by atoms with Crippen molar-refractivity contribution in [2.45, 2.75) is 30.8 Å². The lowest BCUT2D eigenvalue weighted by Gasteiger charge is -2.08. The van der Waals surface area contributed by atoms with Crippen molar-refractivity contribution in [1.29, 1.82) is 0 Å². The van der Waals surface area contributed by atoms with Crippen LogP contribution in [0.15, 0.2) is 23.1 Å². The Balaban J connectivity index is 2.21. The monoisotopic (exact) mass is 272 g/mol. The molecule has 0 spiro atoms. The number of rotatable bonds is 5. The van der Waals surface area contributed by atoms with E-state index in [0.717, 1.165) is 6.42 Å². The second kappa shape index (κ2) is 4.95. The molecule has 0 saturated heterocycles. The predicted molar refractivity (Wildman–Crippen MR) is 67.1 cm³/mol. The molecule has 2 rings (SSSR count). The quantitative estimate of drug-likeness (QED) is 0.847. The standard InChI is InChI=1S/C12H17FN2O2S/c1-8-5-11(8)15-18(16,17)12-4-3-9(7-14-2)6-10(12)13/h3-4,6,8,11,14-15H,5,7H2,1-2H3. The van der Waals surface area contributed by atoms with Crippen LogP contribution in [0.5, 0.6) is 0 Å². The fourth-order valence-corrected chi connectivity index (χ4v) is 3.24. The van der Waals surface area contributed by atoms with Crippen LogP contribution in [0.4, 0.5) is 4.39 Å². The van der Waals surface area contributed by atoms with Crippen molar-refractivity contribution >= 4 is 10.0 Å². The van der Waals surface area contributed by atoms with Crippen molar-refractivity contribution in [3.8, 4) is 0 Å². The Kier molecular flexibility index (Phi) is 3.70. The Labute approximate surface area is 107 Å². The van der Waals surface area contributed by atoms with Crippen molar-refractivity contribution in [3.05, 3.63) is 29.6 Å². The van der Waals surface area contributed by atoms with Crippen LogP contribution >= 0.6 is 0 Å². The second-order valence-corrected chi connectivity index (χ2v) is 6.42. The molecule has 1 aromatic rings. The van der Waals surface area contributed by atoms with E-state index in [0.29, 0.717) is 18.0 Å². The van der Waals surface area contributed by atoms with Gasteiger partial charge in [-0.25, -0.2) is 17.5 Å². The van der Waals surface area contributed by atoms with Gasteiger partial charge in [0.2, 0.25) is 10.0 Å². The summed E-state index contributed by atoms with van der Waals surface area (Å²) >= 11 is 0. The van der Waals surface area contributed by atoms with Crippen LogP contribution in [-0.4, -0.2) is 21.5 Å². The van der Waals surface area contributed by atoms with Crippen molar-refractivity contribution in [3.63, 3.8) is 0 Å². The second-order valence-electron chi connectivity index (χ2n) is 4.74. The Morgan fingerprint density at radius 2 is 2.11 bits per heavy atom. The molecule has 2 N–H and O–H groups in total. The highest BCUT2D eigenvalue weighted by molar-refractivity contribution is 7.89. The molecule has 6 heteroatoms. The molecule has 1 aromatic carbocycles. The van der Waals surface area contributed by atoms with Gasteiger partial charge >= 0.3 is 0 Å². The van der Waals surface area contributed by atoms with Crippen LogP contribution in [0.3, 0.4) is 0 Å². The molecular weight excluding hydrogens is 255 g/mol. The maximum absolute atomic E-state index is 13.8. The van der Waals surface area contributed by atoms with Crippen LogP contribution in [0, 0.1) is 11.7 Å². The van der Waals surface area contributed by atoms with Gasteiger partial charge in [0.15, 0.2) is 0 Å². The Morgan fingerprint density at radius 3 is 2.61 bits per heavy atom. The third kappa shape index (κ3) is 2.88. The highest BCUT2D eigenvalue weighted by Crippen LogP contribution is 2.31. The fraction of sp³-hybridized carbons (Fsp3) is 0.500. The minimum absolute atomic E-state index is 0.0496. The first-order chi connectivity index (χ1) is 8.44. The summed E-state index contributed by atoms with van der Waals surface area (Å²) < 4.78 is 40.2. The van der Waals surface area contributed by atoms with Crippen LogP contribution in [0.1, 0.15) is 18.9 Å². The van der Waals surface area contributed by atoms with Gasteiger partial charge in [-0.05, 0) is 37.1 Å². The van der Waals surface area contributed by atoms with Crippen molar-refractivity contribution < 1.29 is 12.8 Å². The molecule has 1 saturated carbocycles. The van der Waals surface area contributed by atoms with E-state index in [2.05, 4.69) is 10.0 Å².